The molecule has 1 aliphatic carbocycles. The average molecular weight is 237 g/mol. The van der Waals surface area contributed by atoms with Crippen LogP contribution in [-0.4, -0.2) is 41.3 Å². The third-order valence-corrected chi connectivity index (χ3v) is 3.56. The van der Waals surface area contributed by atoms with E-state index in [4.69, 9.17) is 4.74 Å². The van der Waals surface area contributed by atoms with Crippen molar-refractivity contribution in [2.24, 2.45) is 0 Å². The van der Waals surface area contributed by atoms with Crippen LogP contribution in [0.2, 0.25) is 0 Å². The molecule has 0 spiro atoms. The molecule has 1 atom stereocenters. The van der Waals surface area contributed by atoms with Gasteiger partial charge in [-0.15, -0.1) is 0 Å². The fourth-order valence-electron chi connectivity index (χ4n) is 2.38. The maximum atomic E-state index is 11.8. The highest BCUT2D eigenvalue weighted by molar-refractivity contribution is 6.06. The van der Waals surface area contributed by atoms with E-state index >= 15 is 0 Å². The molecular formula is C13H19NO3. The van der Waals surface area contributed by atoms with Gasteiger partial charge in [0.05, 0.1) is 12.3 Å². The smallest absolute Gasteiger partial charge is 0.231 e. The lowest BCUT2D eigenvalue weighted by atomic mass is 9.88. The molecule has 0 aromatic heterocycles. The lowest BCUT2D eigenvalue weighted by Gasteiger charge is -2.45. The Labute approximate surface area is 102 Å². The minimum Gasteiger partial charge on any atom is -0.368 e. The van der Waals surface area contributed by atoms with Gasteiger partial charge in [-0.25, -0.2) is 0 Å². The van der Waals surface area contributed by atoms with Crippen LogP contribution in [0.5, 0.6) is 0 Å². The second kappa shape index (κ2) is 4.27. The first-order chi connectivity index (χ1) is 8.00. The van der Waals surface area contributed by atoms with Gasteiger partial charge in [-0.3, -0.25) is 4.79 Å². The maximum Gasteiger partial charge on any atom is 0.231 e. The molecule has 0 radical (unpaired) electrons. The Bertz CT molecular complexity index is 409. The van der Waals surface area contributed by atoms with Gasteiger partial charge in [0.1, 0.15) is 0 Å². The van der Waals surface area contributed by atoms with Crippen molar-refractivity contribution in [2.75, 3.05) is 19.7 Å². The molecule has 0 saturated carbocycles. The van der Waals surface area contributed by atoms with Crippen LogP contribution in [0.4, 0.5) is 0 Å². The highest BCUT2D eigenvalue weighted by atomic mass is 16.6. The number of fused-ring (bicyclic) bond motifs is 1. The van der Waals surface area contributed by atoms with Crippen molar-refractivity contribution < 1.29 is 14.6 Å². The molecule has 1 aliphatic heterocycles. The van der Waals surface area contributed by atoms with Gasteiger partial charge >= 0.3 is 0 Å². The fourth-order valence-corrected chi connectivity index (χ4v) is 2.38. The monoisotopic (exact) mass is 237 g/mol. The first kappa shape index (κ1) is 12.3. The number of hydrogen-bond acceptors (Lipinski definition) is 4. The van der Waals surface area contributed by atoms with E-state index in [0.29, 0.717) is 23.5 Å². The molecule has 0 aromatic rings. The summed E-state index contributed by atoms with van der Waals surface area (Å²) in [6.45, 7) is 7.60. The van der Waals surface area contributed by atoms with Crippen LogP contribution in [0.1, 0.15) is 27.2 Å². The summed E-state index contributed by atoms with van der Waals surface area (Å²) in [5.41, 5.74) is 1.79. The predicted octanol–water partition coefficient (Wildman–Crippen LogP) is 1.22. The molecule has 0 aromatic carbocycles. The Morgan fingerprint density at radius 3 is 2.88 bits per heavy atom. The van der Waals surface area contributed by atoms with Crippen LogP contribution in [0.3, 0.4) is 0 Å². The molecule has 0 bridgehead atoms. The van der Waals surface area contributed by atoms with Crippen molar-refractivity contribution >= 4 is 5.78 Å². The first-order valence-corrected chi connectivity index (χ1v) is 6.06. The van der Waals surface area contributed by atoms with Gasteiger partial charge < -0.3 is 14.7 Å². The molecule has 94 valence electrons. The molecule has 4 nitrogen and oxygen atoms in total. The Morgan fingerprint density at radius 1 is 1.53 bits per heavy atom. The number of allylic oxidation sites excluding steroid dienone is 2. The van der Waals surface area contributed by atoms with Crippen LogP contribution in [0, 0.1) is 0 Å². The third kappa shape index (κ3) is 1.81. The number of carbonyl (C=O) groups excluding carboxylic acids is 1. The van der Waals surface area contributed by atoms with Gasteiger partial charge in [-0.2, -0.15) is 0 Å². The van der Waals surface area contributed by atoms with Gasteiger partial charge in [-0.05, 0) is 25.8 Å². The van der Waals surface area contributed by atoms with E-state index in [1.165, 1.54) is 6.08 Å². The van der Waals surface area contributed by atoms with Crippen molar-refractivity contribution in [1.82, 2.24) is 4.90 Å². The molecule has 2 aliphatic rings. The van der Waals surface area contributed by atoms with E-state index in [0.717, 1.165) is 19.5 Å². The summed E-state index contributed by atoms with van der Waals surface area (Å²) in [5.74, 6) is -1.43. The molecular weight excluding hydrogens is 218 g/mol. The summed E-state index contributed by atoms with van der Waals surface area (Å²) in [5, 5.41) is 10.6. The van der Waals surface area contributed by atoms with Crippen LogP contribution < -0.4 is 0 Å². The van der Waals surface area contributed by atoms with Gasteiger partial charge in [0.2, 0.25) is 5.79 Å². The number of hydrogen-bond donors (Lipinski definition) is 1. The quantitative estimate of drug-likeness (QED) is 0.784. The van der Waals surface area contributed by atoms with Crippen molar-refractivity contribution in [1.29, 1.82) is 0 Å². The zero-order valence-electron chi connectivity index (χ0n) is 10.6. The summed E-state index contributed by atoms with van der Waals surface area (Å²) in [6.07, 6.45) is 2.49. The summed E-state index contributed by atoms with van der Waals surface area (Å²) in [6, 6.07) is 0. The summed E-state index contributed by atoms with van der Waals surface area (Å²) >= 11 is 0. The van der Waals surface area contributed by atoms with Crippen LogP contribution in [-0.2, 0) is 9.53 Å². The molecule has 1 saturated heterocycles. The first-order valence-electron chi connectivity index (χ1n) is 6.06. The second-order valence-electron chi connectivity index (χ2n) is 4.62. The average Bonchev–Trinajstić information content (AvgIpc) is 2.30. The molecule has 1 unspecified atom stereocenters. The van der Waals surface area contributed by atoms with E-state index in [1.54, 1.807) is 13.8 Å². The number of aliphatic hydroxyl groups is 1. The minimum absolute atomic E-state index is 0.0335. The molecule has 0 amide bonds. The number of morpholine rings is 1. The molecule has 1 heterocycles. The molecule has 4 heteroatoms. The topological polar surface area (TPSA) is 49.8 Å². The molecule has 17 heavy (non-hydrogen) atoms. The zero-order chi connectivity index (χ0) is 12.6. The van der Waals surface area contributed by atoms with Crippen molar-refractivity contribution in [3.8, 4) is 0 Å². The zero-order valence-corrected chi connectivity index (χ0v) is 10.6. The maximum absolute atomic E-state index is 11.8. The fraction of sp³-hybridized carbons (Fsp3) is 0.615. The normalized spacial score (nSPS) is 29.3. The molecule has 2 rings (SSSR count). The highest BCUT2D eigenvalue weighted by Gasteiger charge is 2.45. The van der Waals surface area contributed by atoms with E-state index < -0.39 is 5.79 Å². The van der Waals surface area contributed by atoms with Gasteiger partial charge in [0.15, 0.2) is 5.78 Å². The summed E-state index contributed by atoms with van der Waals surface area (Å²) in [7, 11) is 0. The molecule has 1 N–H and O–H groups in total. The van der Waals surface area contributed by atoms with E-state index in [2.05, 4.69) is 6.92 Å². The number of rotatable bonds is 2. The standard InChI is InChI=1S/C13H19NO3/c1-4-5-14-6-7-17-13(16)10(3)9(2)11(15)8-12(13)14/h8,16H,4-7H2,1-3H3. The van der Waals surface area contributed by atoms with Gasteiger partial charge in [-0.1, -0.05) is 6.92 Å². The highest BCUT2D eigenvalue weighted by Crippen LogP contribution is 2.37. The minimum atomic E-state index is -1.40. The van der Waals surface area contributed by atoms with Gasteiger partial charge in [0.25, 0.3) is 0 Å². The van der Waals surface area contributed by atoms with Crippen molar-refractivity contribution in [3.05, 3.63) is 22.9 Å². The summed E-state index contributed by atoms with van der Waals surface area (Å²) < 4.78 is 5.51. The number of ketones is 1. The Hall–Kier alpha value is -1.13. The van der Waals surface area contributed by atoms with Crippen LogP contribution >= 0.6 is 0 Å². The van der Waals surface area contributed by atoms with Crippen LogP contribution in [0.15, 0.2) is 22.9 Å². The third-order valence-electron chi connectivity index (χ3n) is 3.56. The van der Waals surface area contributed by atoms with E-state index in [9.17, 15) is 9.90 Å². The Morgan fingerprint density at radius 2 is 2.24 bits per heavy atom. The van der Waals surface area contributed by atoms with Crippen LogP contribution in [0.25, 0.3) is 0 Å². The lowest BCUT2D eigenvalue weighted by Crippen LogP contribution is -2.52. The number of carbonyl (C=O) groups is 1. The Kier molecular flexibility index (Phi) is 3.10. The largest absolute Gasteiger partial charge is 0.368 e. The number of nitrogens with zero attached hydrogens (tertiary/aromatic N) is 1. The van der Waals surface area contributed by atoms with Gasteiger partial charge in [0, 0.05) is 24.7 Å². The van der Waals surface area contributed by atoms with E-state index in [1.807, 2.05) is 4.90 Å². The van der Waals surface area contributed by atoms with Crippen molar-refractivity contribution in [3.63, 3.8) is 0 Å². The second-order valence-corrected chi connectivity index (χ2v) is 4.62. The Balaban J connectivity index is 2.42. The van der Waals surface area contributed by atoms with Crippen molar-refractivity contribution in [2.45, 2.75) is 33.0 Å². The van der Waals surface area contributed by atoms with E-state index in [-0.39, 0.29) is 5.78 Å². The lowest BCUT2D eigenvalue weighted by molar-refractivity contribution is -0.186. The predicted molar refractivity (Wildman–Crippen MR) is 64.2 cm³/mol. The summed E-state index contributed by atoms with van der Waals surface area (Å²) in [4.78, 5) is 13.9. The molecule has 1 fully saturated rings. The SMILES string of the molecule is CCCN1CCOC2(O)C1=CC(=O)C(C)=C2C. The number of ether oxygens (including phenoxy) is 1.